The van der Waals surface area contributed by atoms with Crippen molar-refractivity contribution in [1.82, 2.24) is 0 Å². The summed E-state index contributed by atoms with van der Waals surface area (Å²) in [6, 6.07) is 19.0. The lowest BCUT2D eigenvalue weighted by molar-refractivity contribution is 0.0734. The van der Waals surface area contributed by atoms with Gasteiger partial charge in [0.15, 0.2) is 0 Å². The van der Waals surface area contributed by atoms with E-state index in [1.54, 1.807) is 18.2 Å². The van der Waals surface area contributed by atoms with Crippen LogP contribution in [0.3, 0.4) is 0 Å². The Balaban J connectivity index is 0.00000280. The molecule has 3 aromatic carbocycles. The molecule has 0 saturated heterocycles. The van der Waals surface area contributed by atoms with E-state index in [4.69, 9.17) is 9.47 Å². The first-order valence-corrected chi connectivity index (χ1v) is 9.01. The van der Waals surface area contributed by atoms with Crippen molar-refractivity contribution in [2.75, 3.05) is 0 Å². The van der Waals surface area contributed by atoms with Crippen LogP contribution < -0.4 is 9.47 Å². The third-order valence-corrected chi connectivity index (χ3v) is 4.75. The maximum absolute atomic E-state index is 12.3. The molecule has 0 fully saturated rings. The zero-order valence-corrected chi connectivity index (χ0v) is 16.7. The van der Waals surface area contributed by atoms with Crippen LogP contribution in [0.4, 0.5) is 0 Å². The first kappa shape index (κ1) is 21.2. The molecule has 4 nitrogen and oxygen atoms in total. The van der Waals surface area contributed by atoms with Crippen LogP contribution in [0.2, 0.25) is 0 Å². The van der Waals surface area contributed by atoms with E-state index in [1.807, 2.05) is 38.1 Å². The molecule has 0 saturated carbocycles. The Kier molecular flexibility index (Phi) is 6.96. The summed E-state index contributed by atoms with van der Waals surface area (Å²) < 4.78 is 11.3. The van der Waals surface area contributed by atoms with E-state index < -0.39 is 0 Å². The molecule has 0 aromatic heterocycles. The summed E-state index contributed by atoms with van der Waals surface area (Å²) in [5.74, 6) is 0.873. The highest BCUT2D eigenvalue weighted by atomic mass is 16.5. The Labute approximate surface area is 166 Å². The fraction of sp³-hybridized carbons (Fsp3) is 0.208. The monoisotopic (exact) mass is 378 g/mol. The summed E-state index contributed by atoms with van der Waals surface area (Å²) in [4.78, 5) is 12.3. The summed E-state index contributed by atoms with van der Waals surface area (Å²) in [5, 5.41) is 0. The number of carbonyl (C=O) groups is 1. The van der Waals surface area contributed by atoms with E-state index in [9.17, 15) is 4.79 Å². The van der Waals surface area contributed by atoms with Gasteiger partial charge in [-0.05, 0) is 91.9 Å². The molecule has 3 rings (SSSR count). The van der Waals surface area contributed by atoms with Crippen LogP contribution >= 0.6 is 0 Å². The molecule has 0 radical (unpaired) electrons. The van der Waals surface area contributed by atoms with Crippen molar-refractivity contribution in [3.05, 3.63) is 94.0 Å². The van der Waals surface area contributed by atoms with Crippen LogP contribution in [0, 0.1) is 27.7 Å². The highest BCUT2D eigenvalue weighted by molar-refractivity contribution is 5.91. The minimum Gasteiger partial charge on any atom is -0.489 e. The van der Waals surface area contributed by atoms with E-state index in [-0.39, 0.29) is 11.4 Å². The molecule has 3 aromatic rings. The van der Waals surface area contributed by atoms with Crippen molar-refractivity contribution in [2.45, 2.75) is 34.3 Å². The molecular weight excluding hydrogens is 352 g/mol. The average molecular weight is 378 g/mol. The molecule has 4 heteroatoms. The van der Waals surface area contributed by atoms with Crippen LogP contribution in [-0.4, -0.2) is 11.4 Å². The fourth-order valence-electron chi connectivity index (χ4n) is 2.70. The summed E-state index contributed by atoms with van der Waals surface area (Å²) in [6.07, 6.45) is 0. The first-order valence-electron chi connectivity index (χ1n) is 9.01. The Morgan fingerprint density at radius 3 is 1.89 bits per heavy atom. The van der Waals surface area contributed by atoms with Crippen molar-refractivity contribution in [2.24, 2.45) is 0 Å². The van der Waals surface area contributed by atoms with Gasteiger partial charge in [0.1, 0.15) is 18.1 Å². The molecule has 0 aliphatic rings. The Morgan fingerprint density at radius 2 is 1.29 bits per heavy atom. The zero-order valence-electron chi connectivity index (χ0n) is 16.7. The quantitative estimate of drug-likeness (QED) is 0.469. The topological polar surface area (TPSA) is 67.0 Å². The molecule has 2 N–H and O–H groups in total. The predicted octanol–water partition coefficient (Wildman–Crippen LogP) is 4.89. The zero-order chi connectivity index (χ0) is 19.4. The number of ether oxygens (including phenoxy) is 2. The van der Waals surface area contributed by atoms with Crippen molar-refractivity contribution in [3.8, 4) is 11.5 Å². The smallest absolute Gasteiger partial charge is 0.343 e. The number of aryl methyl sites for hydroxylation is 4. The van der Waals surface area contributed by atoms with Gasteiger partial charge in [-0.25, -0.2) is 4.79 Å². The molecule has 0 unspecified atom stereocenters. The van der Waals surface area contributed by atoms with Gasteiger partial charge >= 0.3 is 5.97 Å². The van der Waals surface area contributed by atoms with Gasteiger partial charge in [0.25, 0.3) is 0 Å². The minimum atomic E-state index is -0.359. The molecule has 28 heavy (non-hydrogen) atoms. The van der Waals surface area contributed by atoms with E-state index in [2.05, 4.69) is 32.0 Å². The summed E-state index contributed by atoms with van der Waals surface area (Å²) in [5.41, 5.74) is 6.42. The largest absolute Gasteiger partial charge is 0.489 e. The lowest BCUT2D eigenvalue weighted by Gasteiger charge is -2.10. The average Bonchev–Trinajstić information content (AvgIpc) is 2.66. The van der Waals surface area contributed by atoms with Crippen molar-refractivity contribution in [3.63, 3.8) is 0 Å². The Bertz CT molecular complexity index is 959. The highest BCUT2D eigenvalue weighted by Gasteiger charge is 2.10. The van der Waals surface area contributed by atoms with Crippen molar-refractivity contribution >= 4 is 5.97 Å². The van der Waals surface area contributed by atoms with Gasteiger partial charge in [-0.15, -0.1) is 0 Å². The molecular formula is C24H26O4. The van der Waals surface area contributed by atoms with Gasteiger partial charge in [-0.2, -0.15) is 0 Å². The van der Waals surface area contributed by atoms with Crippen LogP contribution in [0.5, 0.6) is 11.5 Å². The Hall–Kier alpha value is -3.11. The van der Waals surface area contributed by atoms with E-state index in [0.717, 1.165) is 22.4 Å². The third-order valence-electron chi connectivity index (χ3n) is 4.75. The van der Waals surface area contributed by atoms with Crippen LogP contribution in [0.25, 0.3) is 0 Å². The van der Waals surface area contributed by atoms with Gasteiger partial charge in [0, 0.05) is 0 Å². The maximum atomic E-state index is 12.3. The normalized spacial score (nSPS) is 10.1. The summed E-state index contributed by atoms with van der Waals surface area (Å²) >= 11 is 0. The van der Waals surface area contributed by atoms with E-state index in [0.29, 0.717) is 17.9 Å². The Morgan fingerprint density at radius 1 is 0.714 bits per heavy atom. The van der Waals surface area contributed by atoms with E-state index in [1.165, 1.54) is 11.1 Å². The van der Waals surface area contributed by atoms with Crippen molar-refractivity contribution < 1.29 is 19.7 Å². The number of hydrogen-bond acceptors (Lipinski definition) is 3. The number of hydrogen-bond donors (Lipinski definition) is 0. The van der Waals surface area contributed by atoms with Crippen LogP contribution in [0.1, 0.15) is 38.2 Å². The van der Waals surface area contributed by atoms with Crippen LogP contribution in [0.15, 0.2) is 60.7 Å². The standard InChI is InChI=1S/C24H24O3.H2O/c1-16-5-7-20(13-18(16)3)15-26-22-9-11-23(12-10-22)27-24(25)21-8-6-17(2)19(4)14-21;/h5-14H,15H2,1-4H3;1H2. The summed E-state index contributed by atoms with van der Waals surface area (Å²) in [6.45, 7) is 8.69. The molecule has 0 amide bonds. The number of rotatable bonds is 5. The second-order valence-corrected chi connectivity index (χ2v) is 6.87. The van der Waals surface area contributed by atoms with Gasteiger partial charge in [0.05, 0.1) is 5.56 Å². The second-order valence-electron chi connectivity index (χ2n) is 6.87. The number of carbonyl (C=O) groups excluding carboxylic acids is 1. The highest BCUT2D eigenvalue weighted by Crippen LogP contribution is 2.21. The molecule has 0 atom stereocenters. The molecule has 0 heterocycles. The second kappa shape index (κ2) is 9.20. The lowest BCUT2D eigenvalue weighted by Crippen LogP contribution is -2.08. The van der Waals surface area contributed by atoms with Gasteiger partial charge < -0.3 is 14.9 Å². The predicted molar refractivity (Wildman–Crippen MR) is 111 cm³/mol. The summed E-state index contributed by atoms with van der Waals surface area (Å²) in [7, 11) is 0. The van der Waals surface area contributed by atoms with Gasteiger partial charge in [0.2, 0.25) is 0 Å². The number of benzene rings is 3. The van der Waals surface area contributed by atoms with Gasteiger partial charge in [-0.1, -0.05) is 24.3 Å². The fourth-order valence-corrected chi connectivity index (χ4v) is 2.70. The molecule has 0 aliphatic heterocycles. The number of esters is 1. The molecule has 0 aliphatic carbocycles. The van der Waals surface area contributed by atoms with E-state index >= 15 is 0 Å². The van der Waals surface area contributed by atoms with Gasteiger partial charge in [-0.3, -0.25) is 0 Å². The molecule has 146 valence electrons. The maximum Gasteiger partial charge on any atom is 0.343 e. The molecule has 0 spiro atoms. The SMILES string of the molecule is Cc1ccc(COc2ccc(OC(=O)c3ccc(C)c(C)c3)cc2)cc1C.O. The molecule has 0 bridgehead atoms. The van der Waals surface area contributed by atoms with Crippen LogP contribution in [-0.2, 0) is 6.61 Å². The minimum absolute atomic E-state index is 0. The third kappa shape index (κ3) is 5.21. The van der Waals surface area contributed by atoms with Crippen molar-refractivity contribution in [1.29, 1.82) is 0 Å². The lowest BCUT2D eigenvalue weighted by atomic mass is 10.1. The first-order chi connectivity index (χ1) is 12.9.